The molecule has 2 N–H and O–H groups in total. The number of rotatable bonds is 4. The summed E-state index contributed by atoms with van der Waals surface area (Å²) in [5, 5.41) is 7.95. The minimum absolute atomic E-state index is 0.329. The fourth-order valence-corrected chi connectivity index (χ4v) is 3.14. The lowest BCUT2D eigenvalue weighted by molar-refractivity contribution is 0.0532. The Morgan fingerprint density at radius 2 is 2.21 bits per heavy atom. The van der Waals surface area contributed by atoms with Gasteiger partial charge >= 0.3 is 5.97 Å². The molecule has 0 saturated carbocycles. The molecule has 3 rings (SSSR count). The number of nitrogens with zero attached hydrogens (tertiary/aromatic N) is 1. The number of hydrogen-bond acceptors (Lipinski definition) is 6. The smallest absolute Gasteiger partial charge is 0.350 e. The molecule has 0 aliphatic carbocycles. The van der Waals surface area contributed by atoms with Gasteiger partial charge in [0.2, 0.25) is 0 Å². The number of thiocarbonyl (C=S) groups is 1. The predicted molar refractivity (Wildman–Crippen MR) is 98.9 cm³/mol. The maximum atomic E-state index is 11.6. The van der Waals surface area contributed by atoms with Gasteiger partial charge in [0.1, 0.15) is 16.2 Å². The minimum Gasteiger partial charge on any atom is -0.462 e. The van der Waals surface area contributed by atoms with Crippen LogP contribution in [0.3, 0.4) is 0 Å². The van der Waals surface area contributed by atoms with E-state index in [1.54, 1.807) is 6.92 Å². The van der Waals surface area contributed by atoms with Crippen LogP contribution in [-0.2, 0) is 4.74 Å². The summed E-state index contributed by atoms with van der Waals surface area (Å²) in [6, 6.07) is 7.68. The van der Waals surface area contributed by atoms with E-state index >= 15 is 0 Å². The van der Waals surface area contributed by atoms with Crippen LogP contribution in [0.25, 0.3) is 11.0 Å². The average Bonchev–Trinajstić information content (AvgIpc) is 3.12. The van der Waals surface area contributed by atoms with Crippen LogP contribution in [-0.4, -0.2) is 22.7 Å². The molecule has 3 aromatic rings. The standard InChI is InChI=1S/C16H15N3O3S2/c1-3-21-14(20)13-8-17-16(24-13)19-15(23)18-11-4-5-12-10(7-11)6-9(2)22-12/h4-8H,3H2,1-2H3,(H2,17,18,19,23). The number of hydrogen-bond donors (Lipinski definition) is 2. The zero-order valence-electron chi connectivity index (χ0n) is 13.1. The van der Waals surface area contributed by atoms with E-state index in [0.717, 1.165) is 22.4 Å². The normalized spacial score (nSPS) is 10.6. The molecule has 0 fully saturated rings. The van der Waals surface area contributed by atoms with Crippen LogP contribution in [0, 0.1) is 6.92 Å². The summed E-state index contributed by atoms with van der Waals surface area (Å²) >= 11 is 6.46. The van der Waals surface area contributed by atoms with Crippen LogP contribution in [0.15, 0.2) is 34.9 Å². The fourth-order valence-electron chi connectivity index (χ4n) is 2.14. The zero-order chi connectivity index (χ0) is 17.1. The second-order valence-corrected chi connectivity index (χ2v) is 6.38. The fraction of sp³-hybridized carbons (Fsp3) is 0.188. The van der Waals surface area contributed by atoms with E-state index in [1.165, 1.54) is 17.5 Å². The number of ether oxygens (including phenoxy) is 1. The second kappa shape index (κ2) is 6.98. The molecule has 0 atom stereocenters. The molecule has 2 aromatic heterocycles. The number of benzene rings is 1. The maximum Gasteiger partial charge on any atom is 0.350 e. The van der Waals surface area contributed by atoms with Crippen molar-refractivity contribution in [2.75, 3.05) is 17.2 Å². The van der Waals surface area contributed by atoms with Gasteiger partial charge in [-0.05, 0) is 50.3 Å². The Balaban J connectivity index is 1.65. The number of nitrogens with one attached hydrogen (secondary N) is 2. The molecule has 0 aliphatic heterocycles. The highest BCUT2D eigenvalue weighted by Gasteiger charge is 2.12. The lowest BCUT2D eigenvalue weighted by Crippen LogP contribution is -2.18. The third-order valence-electron chi connectivity index (χ3n) is 3.10. The molecule has 0 amide bonds. The summed E-state index contributed by atoms with van der Waals surface area (Å²) in [5.41, 5.74) is 1.67. The SMILES string of the molecule is CCOC(=O)c1cnc(NC(=S)Nc2ccc3oc(C)cc3c2)s1. The monoisotopic (exact) mass is 361 g/mol. The Bertz CT molecular complexity index is 901. The van der Waals surface area contributed by atoms with Crippen LogP contribution in [0.2, 0.25) is 0 Å². The first-order chi connectivity index (χ1) is 11.5. The maximum absolute atomic E-state index is 11.6. The quantitative estimate of drug-likeness (QED) is 0.533. The Labute approximate surface area is 147 Å². The molecule has 0 aliphatic rings. The van der Waals surface area contributed by atoms with E-state index in [4.69, 9.17) is 21.4 Å². The largest absolute Gasteiger partial charge is 0.462 e. The molecule has 0 unspecified atom stereocenters. The van der Waals surface area contributed by atoms with Crippen LogP contribution >= 0.6 is 23.6 Å². The van der Waals surface area contributed by atoms with Gasteiger partial charge in [-0.2, -0.15) is 0 Å². The molecular formula is C16H15N3O3S2. The minimum atomic E-state index is -0.386. The topological polar surface area (TPSA) is 76.4 Å². The summed E-state index contributed by atoms with van der Waals surface area (Å²) in [5.74, 6) is 0.472. The van der Waals surface area contributed by atoms with Crippen LogP contribution in [0.1, 0.15) is 22.4 Å². The van der Waals surface area contributed by atoms with Gasteiger partial charge < -0.3 is 19.8 Å². The third kappa shape index (κ3) is 3.72. The van der Waals surface area contributed by atoms with E-state index in [2.05, 4.69) is 15.6 Å². The van der Waals surface area contributed by atoms with Crippen molar-refractivity contribution in [2.45, 2.75) is 13.8 Å². The summed E-state index contributed by atoms with van der Waals surface area (Å²) in [7, 11) is 0. The molecule has 6 nitrogen and oxygen atoms in total. The zero-order valence-corrected chi connectivity index (χ0v) is 14.7. The Kier molecular flexibility index (Phi) is 4.77. The summed E-state index contributed by atoms with van der Waals surface area (Å²) in [6.45, 7) is 3.99. The van der Waals surface area contributed by atoms with Gasteiger partial charge in [-0.15, -0.1) is 0 Å². The Hall–Kier alpha value is -2.45. The number of furan rings is 1. The third-order valence-corrected chi connectivity index (χ3v) is 4.20. The number of esters is 1. The van der Waals surface area contributed by atoms with Gasteiger partial charge in [0.15, 0.2) is 10.2 Å². The van der Waals surface area contributed by atoms with E-state index in [9.17, 15) is 4.79 Å². The van der Waals surface area contributed by atoms with Gasteiger partial charge in [0, 0.05) is 11.1 Å². The van der Waals surface area contributed by atoms with E-state index in [1.807, 2.05) is 31.2 Å². The number of aromatic nitrogens is 1. The van der Waals surface area contributed by atoms with Gasteiger partial charge in [0.05, 0.1) is 12.8 Å². The highest BCUT2D eigenvalue weighted by atomic mass is 32.1. The van der Waals surface area contributed by atoms with Crippen molar-refractivity contribution in [2.24, 2.45) is 0 Å². The van der Waals surface area contributed by atoms with Crippen LogP contribution < -0.4 is 10.6 Å². The van der Waals surface area contributed by atoms with Gasteiger partial charge in [-0.3, -0.25) is 0 Å². The van der Waals surface area contributed by atoms with Gasteiger partial charge in [-0.25, -0.2) is 9.78 Å². The number of carbonyl (C=O) groups is 1. The molecule has 24 heavy (non-hydrogen) atoms. The van der Waals surface area contributed by atoms with Crippen molar-refractivity contribution >= 4 is 56.4 Å². The molecule has 8 heteroatoms. The first kappa shape index (κ1) is 16.4. The van der Waals surface area contributed by atoms with Crippen LogP contribution in [0.5, 0.6) is 0 Å². The molecule has 0 radical (unpaired) electrons. The number of aryl methyl sites for hydroxylation is 1. The summed E-state index contributed by atoms with van der Waals surface area (Å²) in [4.78, 5) is 16.2. The molecule has 0 bridgehead atoms. The number of fused-ring (bicyclic) bond motifs is 1. The van der Waals surface area contributed by atoms with Gasteiger partial charge in [0.25, 0.3) is 0 Å². The van der Waals surface area contributed by atoms with Crippen LogP contribution in [0.4, 0.5) is 10.8 Å². The average molecular weight is 361 g/mol. The number of thiazole rings is 1. The molecule has 124 valence electrons. The first-order valence-electron chi connectivity index (χ1n) is 7.26. The summed E-state index contributed by atoms with van der Waals surface area (Å²) in [6.07, 6.45) is 1.47. The Morgan fingerprint density at radius 1 is 1.38 bits per heavy atom. The highest BCUT2D eigenvalue weighted by Crippen LogP contribution is 2.23. The molecule has 2 heterocycles. The molecular weight excluding hydrogens is 346 g/mol. The highest BCUT2D eigenvalue weighted by molar-refractivity contribution is 7.80. The van der Waals surface area contributed by atoms with E-state index in [0.29, 0.717) is 21.7 Å². The van der Waals surface area contributed by atoms with Gasteiger partial charge in [-0.1, -0.05) is 11.3 Å². The number of carbonyl (C=O) groups excluding carboxylic acids is 1. The van der Waals surface area contributed by atoms with Crippen molar-refractivity contribution in [1.82, 2.24) is 4.98 Å². The van der Waals surface area contributed by atoms with Crippen molar-refractivity contribution in [3.05, 3.63) is 41.1 Å². The van der Waals surface area contributed by atoms with Crippen molar-refractivity contribution in [3.63, 3.8) is 0 Å². The lowest BCUT2D eigenvalue weighted by Gasteiger charge is -2.08. The molecule has 1 aromatic carbocycles. The lowest BCUT2D eigenvalue weighted by atomic mass is 10.2. The van der Waals surface area contributed by atoms with E-state index in [-0.39, 0.29) is 5.97 Å². The second-order valence-electron chi connectivity index (χ2n) is 4.94. The molecule has 0 saturated heterocycles. The Morgan fingerprint density at radius 3 is 3.00 bits per heavy atom. The summed E-state index contributed by atoms with van der Waals surface area (Å²) < 4.78 is 10.5. The van der Waals surface area contributed by atoms with Crippen molar-refractivity contribution in [1.29, 1.82) is 0 Å². The van der Waals surface area contributed by atoms with Crippen molar-refractivity contribution < 1.29 is 13.9 Å². The van der Waals surface area contributed by atoms with E-state index < -0.39 is 0 Å². The van der Waals surface area contributed by atoms with Crippen molar-refractivity contribution in [3.8, 4) is 0 Å². The molecule has 0 spiro atoms. The number of anilines is 2. The predicted octanol–water partition coefficient (Wildman–Crippen LogP) is 4.18. The first-order valence-corrected chi connectivity index (χ1v) is 8.49.